The molecule has 0 spiro atoms. The maximum absolute atomic E-state index is 13.8. The summed E-state index contributed by atoms with van der Waals surface area (Å²) in [5, 5.41) is 0.547. The van der Waals surface area contributed by atoms with Crippen molar-refractivity contribution in [2.24, 2.45) is 17.8 Å². The van der Waals surface area contributed by atoms with Crippen LogP contribution < -0.4 is 9.64 Å². The minimum atomic E-state index is -0.385. The molecule has 1 aliphatic carbocycles. The van der Waals surface area contributed by atoms with Crippen LogP contribution in [-0.4, -0.2) is 39.6 Å². The number of rotatable bonds is 5. The van der Waals surface area contributed by atoms with Crippen LogP contribution in [-0.2, 0) is 0 Å². The Balaban J connectivity index is 1.15. The second kappa shape index (κ2) is 6.98. The van der Waals surface area contributed by atoms with E-state index >= 15 is 0 Å². The fourth-order valence-electron chi connectivity index (χ4n) is 3.93. The fraction of sp³-hybridized carbons (Fsp3) is 0.300. The molecule has 8 heteroatoms. The first-order valence-electron chi connectivity index (χ1n) is 9.10. The van der Waals surface area contributed by atoms with Gasteiger partial charge in [0.05, 0.1) is 42.1 Å². The molecule has 3 aromatic rings. The van der Waals surface area contributed by atoms with Gasteiger partial charge in [0.1, 0.15) is 5.75 Å². The number of nitrogens with zero attached hydrogens (tertiary/aromatic N) is 5. The summed E-state index contributed by atoms with van der Waals surface area (Å²) in [5.41, 5.74) is 0.997. The monoisotopic (exact) mass is 397 g/mol. The SMILES string of the molecule is Fc1cnccc1-c1ccc(OCC2C3CN(c4ncc(Cl)cn4)C[C@@H]23)cn1. The number of hydrogen-bond donors (Lipinski definition) is 0. The van der Waals surface area contributed by atoms with Crippen molar-refractivity contribution in [1.29, 1.82) is 0 Å². The lowest BCUT2D eigenvalue weighted by molar-refractivity contribution is 0.282. The lowest BCUT2D eigenvalue weighted by Crippen LogP contribution is -2.27. The third-order valence-corrected chi connectivity index (χ3v) is 5.68. The average molecular weight is 398 g/mol. The van der Waals surface area contributed by atoms with Gasteiger partial charge in [-0.1, -0.05) is 11.6 Å². The van der Waals surface area contributed by atoms with Crippen LogP contribution in [0.4, 0.5) is 10.3 Å². The predicted molar refractivity (Wildman–Crippen MR) is 103 cm³/mol. The second-order valence-electron chi connectivity index (χ2n) is 7.14. The number of halogens is 2. The van der Waals surface area contributed by atoms with Crippen LogP contribution in [0.15, 0.2) is 49.2 Å². The van der Waals surface area contributed by atoms with Crippen LogP contribution in [0.1, 0.15) is 0 Å². The summed E-state index contributed by atoms with van der Waals surface area (Å²) in [6.07, 6.45) is 7.63. The highest BCUT2D eigenvalue weighted by Gasteiger charge is 2.56. The molecule has 2 unspecified atom stereocenters. The molecule has 2 aliphatic rings. The third kappa shape index (κ3) is 3.26. The Kier molecular flexibility index (Phi) is 4.31. The number of pyridine rings is 2. The number of aromatic nitrogens is 4. The van der Waals surface area contributed by atoms with Crippen LogP contribution in [0.2, 0.25) is 5.02 Å². The van der Waals surface area contributed by atoms with Gasteiger partial charge in [0.25, 0.3) is 0 Å². The maximum Gasteiger partial charge on any atom is 0.225 e. The van der Waals surface area contributed by atoms with E-state index in [9.17, 15) is 4.39 Å². The van der Waals surface area contributed by atoms with Gasteiger partial charge in [-0.15, -0.1) is 0 Å². The van der Waals surface area contributed by atoms with Gasteiger partial charge in [-0.05, 0) is 30.0 Å². The number of hydrogen-bond acceptors (Lipinski definition) is 6. The van der Waals surface area contributed by atoms with Crippen molar-refractivity contribution in [3.8, 4) is 17.0 Å². The van der Waals surface area contributed by atoms with Crippen molar-refractivity contribution in [1.82, 2.24) is 19.9 Å². The predicted octanol–water partition coefficient (Wildman–Crippen LogP) is 3.49. The molecule has 4 heterocycles. The van der Waals surface area contributed by atoms with Crippen molar-refractivity contribution in [3.63, 3.8) is 0 Å². The Hall–Kier alpha value is -2.80. The zero-order valence-corrected chi connectivity index (χ0v) is 15.6. The highest BCUT2D eigenvalue weighted by atomic mass is 35.5. The first kappa shape index (κ1) is 17.3. The smallest absolute Gasteiger partial charge is 0.225 e. The molecule has 142 valence electrons. The van der Waals surface area contributed by atoms with Crippen LogP contribution in [0.5, 0.6) is 5.75 Å². The van der Waals surface area contributed by atoms with Gasteiger partial charge in [-0.25, -0.2) is 14.4 Å². The molecular weight excluding hydrogens is 381 g/mol. The maximum atomic E-state index is 13.8. The van der Waals surface area contributed by atoms with E-state index in [0.29, 0.717) is 46.4 Å². The van der Waals surface area contributed by atoms with Crippen molar-refractivity contribution in [3.05, 3.63) is 60.0 Å². The molecule has 1 saturated carbocycles. The quantitative estimate of drug-likeness (QED) is 0.656. The van der Waals surface area contributed by atoms with Gasteiger partial charge in [-0.3, -0.25) is 9.97 Å². The Labute approximate surface area is 166 Å². The highest BCUT2D eigenvalue weighted by molar-refractivity contribution is 6.30. The summed E-state index contributed by atoms with van der Waals surface area (Å²) in [7, 11) is 0. The summed E-state index contributed by atoms with van der Waals surface area (Å²) >= 11 is 5.84. The Morgan fingerprint density at radius 2 is 1.82 bits per heavy atom. The standard InChI is InChI=1S/C20H17ClFN5O/c21-12-5-25-20(26-6-12)27-9-15-16(10-27)17(15)11-28-13-1-2-19(24-7-13)14-3-4-23-8-18(14)22/h1-8,15-17H,9-11H2/t15-,16?,17?/m1/s1. The number of anilines is 1. The Morgan fingerprint density at radius 3 is 2.50 bits per heavy atom. The molecule has 1 aliphatic heterocycles. The molecule has 1 saturated heterocycles. The Bertz CT molecular complexity index is 973. The van der Waals surface area contributed by atoms with E-state index in [4.69, 9.17) is 16.3 Å². The highest BCUT2D eigenvalue weighted by Crippen LogP contribution is 2.52. The summed E-state index contributed by atoms with van der Waals surface area (Å²) in [5.74, 6) is 2.81. The number of fused-ring (bicyclic) bond motifs is 1. The van der Waals surface area contributed by atoms with E-state index in [0.717, 1.165) is 19.0 Å². The fourth-order valence-corrected chi connectivity index (χ4v) is 4.03. The molecule has 5 rings (SSSR count). The van der Waals surface area contributed by atoms with Crippen molar-refractivity contribution < 1.29 is 9.13 Å². The molecule has 0 aromatic carbocycles. The number of piperidine rings is 1. The first-order valence-corrected chi connectivity index (χ1v) is 9.48. The molecule has 6 nitrogen and oxygen atoms in total. The van der Waals surface area contributed by atoms with E-state index in [1.165, 1.54) is 6.20 Å². The molecule has 0 N–H and O–H groups in total. The van der Waals surface area contributed by atoms with E-state index in [1.807, 2.05) is 6.07 Å². The van der Waals surface area contributed by atoms with E-state index in [2.05, 4.69) is 24.8 Å². The second-order valence-corrected chi connectivity index (χ2v) is 7.58. The van der Waals surface area contributed by atoms with Crippen LogP contribution in [0.3, 0.4) is 0 Å². The first-order chi connectivity index (χ1) is 13.7. The lowest BCUT2D eigenvalue weighted by atomic mass is 10.2. The molecule has 0 bridgehead atoms. The van der Waals surface area contributed by atoms with Gasteiger partial charge < -0.3 is 9.64 Å². The zero-order chi connectivity index (χ0) is 19.1. The molecular formula is C20H17ClFN5O. The zero-order valence-electron chi connectivity index (χ0n) is 14.9. The normalized spacial score (nSPS) is 22.8. The lowest BCUT2D eigenvalue weighted by Gasteiger charge is -2.19. The van der Waals surface area contributed by atoms with Gasteiger partial charge in [0.15, 0.2) is 5.82 Å². The van der Waals surface area contributed by atoms with E-state index in [-0.39, 0.29) is 5.82 Å². The van der Waals surface area contributed by atoms with Crippen LogP contribution in [0.25, 0.3) is 11.3 Å². The van der Waals surface area contributed by atoms with E-state index < -0.39 is 0 Å². The molecule has 2 fully saturated rings. The topological polar surface area (TPSA) is 64.0 Å². The Morgan fingerprint density at radius 1 is 1.04 bits per heavy atom. The van der Waals surface area contributed by atoms with Gasteiger partial charge in [-0.2, -0.15) is 0 Å². The van der Waals surface area contributed by atoms with E-state index in [1.54, 1.807) is 36.9 Å². The summed E-state index contributed by atoms with van der Waals surface area (Å²) in [6.45, 7) is 2.55. The average Bonchev–Trinajstić information content (AvgIpc) is 3.16. The molecule has 0 radical (unpaired) electrons. The molecule has 3 atom stereocenters. The van der Waals surface area contributed by atoms with Gasteiger partial charge in [0, 0.05) is 30.8 Å². The molecule has 28 heavy (non-hydrogen) atoms. The largest absolute Gasteiger partial charge is 0.492 e. The summed E-state index contributed by atoms with van der Waals surface area (Å²) in [4.78, 5) is 18.8. The van der Waals surface area contributed by atoms with Crippen LogP contribution >= 0.6 is 11.6 Å². The van der Waals surface area contributed by atoms with Gasteiger partial charge >= 0.3 is 0 Å². The van der Waals surface area contributed by atoms with Crippen molar-refractivity contribution in [2.75, 3.05) is 24.6 Å². The minimum Gasteiger partial charge on any atom is -0.492 e. The number of ether oxygens (including phenoxy) is 1. The van der Waals surface area contributed by atoms with Crippen LogP contribution in [0, 0.1) is 23.6 Å². The minimum absolute atomic E-state index is 0.385. The van der Waals surface area contributed by atoms with Crippen molar-refractivity contribution >= 4 is 17.5 Å². The summed E-state index contributed by atoms with van der Waals surface area (Å²) in [6, 6.07) is 5.20. The molecule has 3 aromatic heterocycles. The molecule has 0 amide bonds. The van der Waals surface area contributed by atoms with Crippen molar-refractivity contribution in [2.45, 2.75) is 0 Å². The summed E-state index contributed by atoms with van der Waals surface area (Å²) < 4.78 is 19.7. The van der Waals surface area contributed by atoms with Gasteiger partial charge in [0.2, 0.25) is 5.95 Å². The third-order valence-electron chi connectivity index (χ3n) is 5.49.